The first-order valence-corrected chi connectivity index (χ1v) is 11.6. The maximum Gasteiger partial charge on any atom is 0.522 e. The molecule has 10 nitrogen and oxygen atoms in total. The monoisotopic (exact) mass is 531 g/mol. The molecule has 36 heavy (non-hydrogen) atoms. The number of imidazole rings is 1. The Kier molecular flexibility index (Phi) is 6.19. The van der Waals surface area contributed by atoms with Gasteiger partial charge in [0.1, 0.15) is 17.3 Å². The number of halogens is 5. The minimum absolute atomic E-state index is 0.00928. The molecule has 2 aliphatic rings. The Hall–Kier alpha value is -3.13. The number of anilines is 2. The van der Waals surface area contributed by atoms with E-state index in [-0.39, 0.29) is 27.9 Å². The van der Waals surface area contributed by atoms with E-state index in [1.807, 2.05) is 6.92 Å². The second-order valence-corrected chi connectivity index (χ2v) is 9.59. The molecule has 1 amide bonds. The molecule has 0 aliphatic heterocycles. The van der Waals surface area contributed by atoms with Gasteiger partial charge in [0.15, 0.2) is 11.5 Å². The van der Waals surface area contributed by atoms with Gasteiger partial charge in [-0.1, -0.05) is 11.6 Å². The van der Waals surface area contributed by atoms with Crippen LogP contribution in [0.3, 0.4) is 0 Å². The van der Waals surface area contributed by atoms with Gasteiger partial charge >= 0.3 is 12.5 Å². The zero-order valence-corrected chi connectivity index (χ0v) is 19.7. The molecular weight excluding hydrogens is 510 g/mol. The molecular formula is C21H22ClF4N7O3. The van der Waals surface area contributed by atoms with Crippen LogP contribution in [0, 0.1) is 0 Å². The van der Waals surface area contributed by atoms with Gasteiger partial charge in [-0.05, 0) is 32.6 Å². The van der Waals surface area contributed by atoms with Crippen molar-refractivity contribution in [1.29, 1.82) is 0 Å². The van der Waals surface area contributed by atoms with Crippen LogP contribution in [-0.2, 0) is 16.1 Å². The molecule has 3 atom stereocenters. The Balaban J connectivity index is 1.26. The van der Waals surface area contributed by atoms with E-state index >= 15 is 4.39 Å². The zero-order chi connectivity index (χ0) is 25.7. The van der Waals surface area contributed by atoms with Gasteiger partial charge in [0.2, 0.25) is 5.95 Å². The average Bonchev–Trinajstić information content (AvgIpc) is 3.16. The topological polar surface area (TPSA) is 118 Å². The van der Waals surface area contributed by atoms with Crippen LogP contribution in [0.15, 0.2) is 18.5 Å². The molecule has 2 saturated carbocycles. The van der Waals surface area contributed by atoms with Crippen molar-refractivity contribution >= 4 is 35.1 Å². The van der Waals surface area contributed by atoms with Gasteiger partial charge in [0, 0.05) is 29.4 Å². The van der Waals surface area contributed by atoms with Gasteiger partial charge in [-0.15, -0.1) is 13.2 Å². The van der Waals surface area contributed by atoms with E-state index in [4.69, 9.17) is 16.3 Å². The molecule has 3 N–H and O–H groups in total. The van der Waals surface area contributed by atoms with Crippen molar-refractivity contribution in [2.24, 2.45) is 0 Å². The molecule has 0 aromatic carbocycles. The van der Waals surface area contributed by atoms with Gasteiger partial charge in [0.25, 0.3) is 0 Å². The van der Waals surface area contributed by atoms with Crippen LogP contribution in [0.25, 0.3) is 5.65 Å². The lowest BCUT2D eigenvalue weighted by atomic mass is 10.0. The number of hydrogen-bond donors (Lipinski definition) is 3. The lowest BCUT2D eigenvalue weighted by Crippen LogP contribution is -2.38. The van der Waals surface area contributed by atoms with E-state index in [1.165, 1.54) is 16.8 Å². The number of carbonyl (C=O) groups excluding carboxylic acids is 1. The van der Waals surface area contributed by atoms with Crippen molar-refractivity contribution in [3.63, 3.8) is 0 Å². The Morgan fingerprint density at radius 2 is 2.14 bits per heavy atom. The number of aromatic amines is 1. The molecule has 0 bridgehead atoms. The van der Waals surface area contributed by atoms with Crippen LogP contribution in [0.2, 0.25) is 5.02 Å². The van der Waals surface area contributed by atoms with Gasteiger partial charge in [-0.2, -0.15) is 5.10 Å². The summed E-state index contributed by atoms with van der Waals surface area (Å²) in [5, 5.41) is 12.7. The highest BCUT2D eigenvalue weighted by Gasteiger charge is 2.43. The van der Waals surface area contributed by atoms with Gasteiger partial charge in [0.05, 0.1) is 18.5 Å². The van der Waals surface area contributed by atoms with E-state index in [9.17, 15) is 18.0 Å². The number of alkyl carbamates (subject to hydrolysis) is 1. The smallest absolute Gasteiger partial charge is 0.443 e. The zero-order valence-electron chi connectivity index (χ0n) is 18.9. The van der Waals surface area contributed by atoms with E-state index < -0.39 is 37.3 Å². The number of alkyl halides is 4. The Labute approximate surface area is 206 Å². The number of H-pyrrole nitrogens is 1. The summed E-state index contributed by atoms with van der Waals surface area (Å²) in [7, 11) is 0. The molecule has 0 radical (unpaired) electrons. The summed E-state index contributed by atoms with van der Waals surface area (Å²) in [6, 6.07) is 1.59. The first-order valence-electron chi connectivity index (χ1n) is 11.2. The summed E-state index contributed by atoms with van der Waals surface area (Å²) in [6.07, 6.45) is -2.54. The summed E-state index contributed by atoms with van der Waals surface area (Å²) in [4.78, 5) is 20.3. The van der Waals surface area contributed by atoms with Crippen LogP contribution >= 0.6 is 11.6 Å². The standard InChI is InChI=1S/C21H22ClF4N7O3/c1-20(4-5-20)30-19(34)36-14-3-2-11(16(14)23)13-6-15(32-31-13)29-18-27-7-12(22)17-28-10(8-33(17)18)9-35-21(24,25)26/h6-8,11,14,16H,2-5,9H2,1H3,(H,30,34)(H2,27,29,31,32)/t11-,14-,16+/m0/s1. The van der Waals surface area contributed by atoms with Gasteiger partial charge in [-0.25, -0.2) is 19.2 Å². The molecule has 15 heteroatoms. The van der Waals surface area contributed by atoms with Crippen molar-refractivity contribution in [2.75, 3.05) is 5.32 Å². The van der Waals surface area contributed by atoms with E-state index in [2.05, 4.69) is 35.5 Å². The number of rotatable bonds is 7. The average molecular weight is 532 g/mol. The first-order chi connectivity index (χ1) is 17.0. The Bertz CT molecular complexity index is 1280. The van der Waals surface area contributed by atoms with Crippen LogP contribution in [0.5, 0.6) is 0 Å². The second-order valence-electron chi connectivity index (χ2n) is 9.18. The molecule has 5 rings (SSSR count). The van der Waals surface area contributed by atoms with Crippen molar-refractivity contribution < 1.29 is 31.8 Å². The summed E-state index contributed by atoms with van der Waals surface area (Å²) in [5.74, 6) is -0.0910. The van der Waals surface area contributed by atoms with Crippen LogP contribution in [0.1, 0.15) is 49.9 Å². The number of aromatic nitrogens is 5. The molecule has 0 saturated heterocycles. The maximum absolute atomic E-state index is 15.1. The van der Waals surface area contributed by atoms with Gasteiger partial charge < -0.3 is 15.4 Å². The second kappa shape index (κ2) is 9.07. The SMILES string of the molecule is CC1(NC(=O)O[C@H]2CC[C@@H](c3cc(Nc4ncc(Cl)c5nc(COC(F)(F)F)cn45)n[nH]3)[C@H]2F)CC1. The van der Waals surface area contributed by atoms with Crippen LogP contribution in [-0.4, -0.2) is 54.8 Å². The van der Waals surface area contributed by atoms with Crippen LogP contribution < -0.4 is 10.6 Å². The fraction of sp³-hybridized carbons (Fsp3) is 0.524. The summed E-state index contributed by atoms with van der Waals surface area (Å²) in [5.41, 5.74) is 0.405. The molecule has 194 valence electrons. The fourth-order valence-electron chi connectivity index (χ4n) is 4.12. The van der Waals surface area contributed by atoms with Crippen molar-refractivity contribution in [2.45, 2.75) is 69.3 Å². The lowest BCUT2D eigenvalue weighted by molar-refractivity contribution is -0.330. The predicted octanol–water partition coefficient (Wildman–Crippen LogP) is 4.75. The molecule has 2 aliphatic carbocycles. The molecule has 2 fully saturated rings. The molecule has 0 unspecified atom stereocenters. The first kappa shape index (κ1) is 24.6. The van der Waals surface area contributed by atoms with Crippen LogP contribution in [0.4, 0.5) is 34.1 Å². The number of nitrogens with zero attached hydrogens (tertiary/aromatic N) is 4. The highest BCUT2D eigenvalue weighted by molar-refractivity contribution is 6.33. The number of hydrogen-bond acceptors (Lipinski definition) is 7. The van der Waals surface area contributed by atoms with E-state index in [0.717, 1.165) is 12.8 Å². The summed E-state index contributed by atoms with van der Waals surface area (Å²) < 4.78 is 62.7. The quantitative estimate of drug-likeness (QED) is 0.376. The number of fused-ring (bicyclic) bond motifs is 1. The maximum atomic E-state index is 15.1. The molecule has 3 aromatic rings. The van der Waals surface area contributed by atoms with E-state index in [0.29, 0.717) is 24.4 Å². The van der Waals surface area contributed by atoms with Gasteiger partial charge in [-0.3, -0.25) is 14.2 Å². The minimum atomic E-state index is -4.80. The summed E-state index contributed by atoms with van der Waals surface area (Å²) >= 11 is 6.09. The minimum Gasteiger partial charge on any atom is -0.443 e. The molecule has 3 aromatic heterocycles. The normalized spacial score (nSPS) is 23.1. The highest BCUT2D eigenvalue weighted by Crippen LogP contribution is 2.39. The third kappa shape index (κ3) is 5.33. The van der Waals surface area contributed by atoms with Crippen molar-refractivity contribution in [3.05, 3.63) is 34.9 Å². The third-order valence-corrected chi connectivity index (χ3v) is 6.55. The summed E-state index contributed by atoms with van der Waals surface area (Å²) in [6.45, 7) is 1.11. The largest absolute Gasteiger partial charge is 0.522 e. The third-order valence-electron chi connectivity index (χ3n) is 6.28. The lowest BCUT2D eigenvalue weighted by Gasteiger charge is -2.19. The fourth-order valence-corrected chi connectivity index (χ4v) is 4.30. The number of amides is 1. The van der Waals surface area contributed by atoms with Crippen molar-refractivity contribution in [3.8, 4) is 0 Å². The Morgan fingerprint density at radius 3 is 2.86 bits per heavy atom. The molecule has 3 heterocycles. The molecule has 0 spiro atoms. The highest BCUT2D eigenvalue weighted by atomic mass is 35.5. The number of carbonyl (C=O) groups is 1. The number of ether oxygens (including phenoxy) is 2. The van der Waals surface area contributed by atoms with Crippen molar-refractivity contribution in [1.82, 2.24) is 29.9 Å². The number of nitrogens with one attached hydrogen (secondary N) is 3. The van der Waals surface area contributed by atoms with E-state index in [1.54, 1.807) is 6.07 Å². The Morgan fingerprint density at radius 1 is 1.36 bits per heavy atom. The predicted molar refractivity (Wildman–Crippen MR) is 119 cm³/mol.